The molecule has 0 radical (unpaired) electrons. The Kier molecular flexibility index (Phi) is 14.0. The molecule has 0 atom stereocenters. The van der Waals surface area contributed by atoms with Gasteiger partial charge in [-0.25, -0.2) is 0 Å². The quantitative estimate of drug-likeness (QED) is 0.587. The Morgan fingerprint density at radius 3 is 1.44 bits per heavy atom. The van der Waals surface area contributed by atoms with Gasteiger partial charge in [0.1, 0.15) is 0 Å². The first-order valence-corrected chi connectivity index (χ1v) is 3.61. The van der Waals surface area contributed by atoms with Crippen LogP contribution >= 0.6 is 0 Å². The second kappa shape index (κ2) is 10.8. The fourth-order valence-corrected chi connectivity index (χ4v) is 0.250. The zero-order valence-corrected chi connectivity index (χ0v) is 7.07. The van der Waals surface area contributed by atoms with Crippen LogP contribution in [0, 0.1) is 0 Å². The number of hydrogen-bond acceptors (Lipinski definition) is 2. The number of nitrogens with one attached hydrogen (secondary N) is 1. The van der Waals surface area contributed by atoms with Crippen molar-refractivity contribution in [1.82, 2.24) is 5.32 Å². The fraction of sp³-hybridized carbons (Fsp3) is 1.00. The van der Waals surface area contributed by atoms with E-state index in [2.05, 4.69) is 19.2 Å². The SMILES string of the molecule is CC(C)N.CCNCC. The Morgan fingerprint density at radius 2 is 1.44 bits per heavy atom. The molecule has 0 amide bonds. The van der Waals surface area contributed by atoms with E-state index in [1.54, 1.807) is 0 Å². The van der Waals surface area contributed by atoms with Crippen molar-refractivity contribution in [2.45, 2.75) is 33.7 Å². The number of hydrogen-bond donors (Lipinski definition) is 2. The van der Waals surface area contributed by atoms with E-state index in [1.165, 1.54) is 0 Å². The van der Waals surface area contributed by atoms with Crippen LogP contribution in [0.4, 0.5) is 0 Å². The van der Waals surface area contributed by atoms with E-state index in [0.29, 0.717) is 6.04 Å². The molecule has 0 saturated heterocycles. The maximum absolute atomic E-state index is 5.11. The molecule has 0 saturated carbocycles. The minimum Gasteiger partial charge on any atom is -0.328 e. The first-order valence-electron chi connectivity index (χ1n) is 3.61. The summed E-state index contributed by atoms with van der Waals surface area (Å²) in [6.45, 7) is 10.3. The highest BCUT2D eigenvalue weighted by atomic mass is 14.8. The monoisotopic (exact) mass is 132 g/mol. The molecule has 0 aliphatic heterocycles. The van der Waals surface area contributed by atoms with E-state index in [1.807, 2.05) is 13.8 Å². The van der Waals surface area contributed by atoms with Crippen LogP contribution in [0.5, 0.6) is 0 Å². The van der Waals surface area contributed by atoms with Crippen molar-refractivity contribution in [2.75, 3.05) is 13.1 Å². The van der Waals surface area contributed by atoms with Gasteiger partial charge in [0.15, 0.2) is 0 Å². The van der Waals surface area contributed by atoms with Crippen LogP contribution in [0.15, 0.2) is 0 Å². The summed E-state index contributed by atoms with van der Waals surface area (Å²) in [5.74, 6) is 0. The molecule has 0 unspecified atom stereocenters. The van der Waals surface area contributed by atoms with E-state index < -0.39 is 0 Å². The number of nitrogens with two attached hydrogens (primary N) is 1. The molecule has 0 aromatic rings. The molecule has 0 heterocycles. The smallest absolute Gasteiger partial charge is 0.00179 e. The summed E-state index contributed by atoms with van der Waals surface area (Å²) in [4.78, 5) is 0. The summed E-state index contributed by atoms with van der Waals surface area (Å²) in [5.41, 5.74) is 5.11. The van der Waals surface area contributed by atoms with Crippen LogP contribution in [0.3, 0.4) is 0 Å². The molecule has 9 heavy (non-hydrogen) atoms. The Morgan fingerprint density at radius 1 is 1.22 bits per heavy atom. The summed E-state index contributed by atoms with van der Waals surface area (Å²) < 4.78 is 0. The maximum atomic E-state index is 5.11. The van der Waals surface area contributed by atoms with Crippen molar-refractivity contribution in [3.05, 3.63) is 0 Å². The van der Waals surface area contributed by atoms with E-state index in [-0.39, 0.29) is 0 Å². The second-order valence-corrected chi connectivity index (χ2v) is 2.20. The summed E-state index contributed by atoms with van der Waals surface area (Å²) in [6, 6.07) is 0.333. The summed E-state index contributed by atoms with van der Waals surface area (Å²) >= 11 is 0. The van der Waals surface area contributed by atoms with Crippen LogP contribution in [-0.4, -0.2) is 19.1 Å². The first-order chi connectivity index (χ1) is 4.15. The highest BCUT2D eigenvalue weighted by Crippen LogP contribution is 1.58. The first kappa shape index (κ1) is 11.7. The summed E-state index contributed by atoms with van der Waals surface area (Å²) in [5, 5.41) is 3.11. The molecule has 0 bridgehead atoms. The summed E-state index contributed by atoms with van der Waals surface area (Å²) in [7, 11) is 0. The fourth-order valence-electron chi connectivity index (χ4n) is 0.250. The molecule has 0 aliphatic rings. The average Bonchev–Trinajstić information content (AvgIpc) is 1.66. The minimum atomic E-state index is 0.333. The third kappa shape index (κ3) is 75.3. The van der Waals surface area contributed by atoms with Gasteiger partial charge in [-0.2, -0.15) is 0 Å². The van der Waals surface area contributed by atoms with Crippen LogP contribution in [0.1, 0.15) is 27.7 Å². The van der Waals surface area contributed by atoms with Gasteiger partial charge in [0, 0.05) is 0 Å². The lowest BCUT2D eigenvalue weighted by atomic mass is 10.5. The van der Waals surface area contributed by atoms with Gasteiger partial charge >= 0.3 is 0 Å². The third-order valence-electron chi connectivity index (χ3n) is 0.500. The van der Waals surface area contributed by atoms with Gasteiger partial charge in [-0.3, -0.25) is 0 Å². The van der Waals surface area contributed by atoms with Crippen molar-refractivity contribution in [3.63, 3.8) is 0 Å². The van der Waals surface area contributed by atoms with Crippen molar-refractivity contribution >= 4 is 0 Å². The summed E-state index contributed by atoms with van der Waals surface area (Å²) in [6.07, 6.45) is 0. The van der Waals surface area contributed by atoms with Gasteiger partial charge in [-0.1, -0.05) is 27.7 Å². The van der Waals surface area contributed by atoms with Crippen molar-refractivity contribution < 1.29 is 0 Å². The second-order valence-electron chi connectivity index (χ2n) is 2.20. The minimum absolute atomic E-state index is 0.333. The van der Waals surface area contributed by atoms with Gasteiger partial charge in [0.25, 0.3) is 0 Å². The predicted octanol–water partition coefficient (Wildman–Crippen LogP) is 0.969. The van der Waals surface area contributed by atoms with E-state index >= 15 is 0 Å². The van der Waals surface area contributed by atoms with Crippen LogP contribution in [0.2, 0.25) is 0 Å². The molecular weight excluding hydrogens is 112 g/mol. The van der Waals surface area contributed by atoms with Gasteiger partial charge in [0.05, 0.1) is 0 Å². The van der Waals surface area contributed by atoms with E-state index in [4.69, 9.17) is 5.73 Å². The van der Waals surface area contributed by atoms with Gasteiger partial charge < -0.3 is 11.1 Å². The predicted molar refractivity (Wildman–Crippen MR) is 43.5 cm³/mol. The standard InChI is InChI=1S/C4H11N.C3H9N/c1-3-5-4-2;1-3(2)4/h5H,3-4H2,1-2H3;3H,4H2,1-2H3. The Bertz CT molecular complexity index is 31.1. The molecule has 58 valence electrons. The number of rotatable bonds is 2. The Labute approximate surface area is 58.8 Å². The molecule has 3 N–H and O–H groups in total. The molecule has 0 rings (SSSR count). The van der Waals surface area contributed by atoms with Crippen molar-refractivity contribution in [2.24, 2.45) is 5.73 Å². The zero-order valence-electron chi connectivity index (χ0n) is 7.07. The van der Waals surface area contributed by atoms with Crippen LogP contribution < -0.4 is 11.1 Å². The lowest BCUT2D eigenvalue weighted by molar-refractivity contribution is 0.762. The van der Waals surface area contributed by atoms with E-state index in [0.717, 1.165) is 13.1 Å². The Hall–Kier alpha value is -0.0800. The highest BCUT2D eigenvalue weighted by Gasteiger charge is 1.67. The molecule has 2 heteroatoms. The van der Waals surface area contributed by atoms with Gasteiger partial charge in [-0.05, 0) is 19.1 Å². The maximum Gasteiger partial charge on any atom is -0.00179 e. The molecular formula is C7H20N2. The van der Waals surface area contributed by atoms with E-state index in [9.17, 15) is 0 Å². The average molecular weight is 132 g/mol. The zero-order chi connectivity index (χ0) is 7.70. The molecule has 2 nitrogen and oxygen atoms in total. The van der Waals surface area contributed by atoms with Crippen LogP contribution in [0.25, 0.3) is 0 Å². The Balaban J connectivity index is 0. The molecule has 0 aromatic carbocycles. The molecule has 0 aromatic heterocycles. The van der Waals surface area contributed by atoms with Crippen LogP contribution in [-0.2, 0) is 0 Å². The van der Waals surface area contributed by atoms with Crippen molar-refractivity contribution in [3.8, 4) is 0 Å². The normalized spacial score (nSPS) is 8.67. The van der Waals surface area contributed by atoms with Gasteiger partial charge in [-0.15, -0.1) is 0 Å². The highest BCUT2D eigenvalue weighted by molar-refractivity contribution is 4.32. The third-order valence-corrected chi connectivity index (χ3v) is 0.500. The van der Waals surface area contributed by atoms with Crippen molar-refractivity contribution in [1.29, 1.82) is 0 Å². The largest absolute Gasteiger partial charge is 0.328 e. The van der Waals surface area contributed by atoms with Gasteiger partial charge in [0.2, 0.25) is 0 Å². The molecule has 0 fully saturated rings. The topological polar surface area (TPSA) is 38.0 Å². The molecule has 0 aliphatic carbocycles. The lowest BCUT2D eigenvalue weighted by Gasteiger charge is -1.86. The lowest BCUT2D eigenvalue weighted by Crippen LogP contribution is -2.09. The molecule has 0 spiro atoms.